The maximum absolute atomic E-state index is 12.6. The number of nitrogens with zero attached hydrogens (tertiary/aromatic N) is 1. The maximum Gasteiger partial charge on any atom is 0.263 e. The Balaban J connectivity index is 1.99. The molecule has 0 spiro atoms. The molecule has 3 rings (SSSR count). The Morgan fingerprint density at radius 2 is 2.30 bits per heavy atom. The van der Waals surface area contributed by atoms with Gasteiger partial charge in [-0.05, 0) is 50.4 Å². The van der Waals surface area contributed by atoms with Crippen molar-refractivity contribution in [3.8, 4) is 0 Å². The zero-order valence-corrected chi connectivity index (χ0v) is 13.3. The van der Waals surface area contributed by atoms with Crippen molar-refractivity contribution in [3.05, 3.63) is 25.6 Å². The fourth-order valence-electron chi connectivity index (χ4n) is 2.69. The summed E-state index contributed by atoms with van der Waals surface area (Å²) in [6, 6.07) is 0. The lowest BCUT2D eigenvalue weighted by atomic mass is 10.1. The molecule has 4 nitrogen and oxygen atoms in total. The second-order valence-corrected chi connectivity index (χ2v) is 7.00. The molecule has 20 heavy (non-hydrogen) atoms. The van der Waals surface area contributed by atoms with Crippen LogP contribution in [-0.2, 0) is 11.3 Å². The Bertz CT molecular complexity index is 751. The van der Waals surface area contributed by atoms with E-state index in [1.165, 1.54) is 4.88 Å². The SMILES string of the molecule is Cc1sc2[nH]c(=S)n(CCC3CCOC3)c(=O)c2c1C. The number of nitrogens with one attached hydrogen (secondary N) is 1. The topological polar surface area (TPSA) is 47.0 Å². The summed E-state index contributed by atoms with van der Waals surface area (Å²) < 4.78 is 7.61. The summed E-state index contributed by atoms with van der Waals surface area (Å²) in [6.07, 6.45) is 2.04. The number of H-pyrrole nitrogens is 1. The van der Waals surface area contributed by atoms with E-state index in [2.05, 4.69) is 4.98 Å². The van der Waals surface area contributed by atoms with Gasteiger partial charge in [0.1, 0.15) is 4.83 Å². The zero-order valence-electron chi connectivity index (χ0n) is 11.7. The first-order chi connectivity index (χ1) is 9.58. The van der Waals surface area contributed by atoms with Crippen LogP contribution in [0.5, 0.6) is 0 Å². The third-order valence-electron chi connectivity index (χ3n) is 4.09. The van der Waals surface area contributed by atoms with Gasteiger partial charge in [-0.2, -0.15) is 0 Å². The smallest absolute Gasteiger partial charge is 0.263 e. The molecule has 1 fully saturated rings. The van der Waals surface area contributed by atoms with Crippen LogP contribution in [0.15, 0.2) is 4.79 Å². The minimum Gasteiger partial charge on any atom is -0.381 e. The lowest BCUT2D eigenvalue weighted by molar-refractivity contribution is 0.183. The highest BCUT2D eigenvalue weighted by atomic mass is 32.1. The number of hydrogen-bond donors (Lipinski definition) is 1. The third kappa shape index (κ3) is 2.36. The Labute approximate surface area is 126 Å². The van der Waals surface area contributed by atoms with Gasteiger partial charge in [0.05, 0.1) is 5.39 Å². The highest BCUT2D eigenvalue weighted by Crippen LogP contribution is 2.26. The van der Waals surface area contributed by atoms with Crippen LogP contribution in [0.25, 0.3) is 10.2 Å². The van der Waals surface area contributed by atoms with Crippen LogP contribution >= 0.6 is 23.6 Å². The molecule has 0 saturated carbocycles. The van der Waals surface area contributed by atoms with Crippen molar-refractivity contribution in [2.75, 3.05) is 13.2 Å². The van der Waals surface area contributed by atoms with Crippen LogP contribution in [0.1, 0.15) is 23.3 Å². The number of aromatic amines is 1. The van der Waals surface area contributed by atoms with Crippen molar-refractivity contribution in [2.45, 2.75) is 33.2 Å². The van der Waals surface area contributed by atoms with Crippen LogP contribution in [0.2, 0.25) is 0 Å². The van der Waals surface area contributed by atoms with E-state index in [0.717, 1.165) is 41.8 Å². The van der Waals surface area contributed by atoms with Crippen molar-refractivity contribution in [1.29, 1.82) is 0 Å². The summed E-state index contributed by atoms with van der Waals surface area (Å²) in [6.45, 7) is 6.36. The summed E-state index contributed by atoms with van der Waals surface area (Å²) >= 11 is 6.95. The molecule has 0 aromatic carbocycles. The monoisotopic (exact) mass is 310 g/mol. The van der Waals surface area contributed by atoms with Crippen LogP contribution in [-0.4, -0.2) is 22.8 Å². The number of ether oxygens (including phenoxy) is 1. The molecule has 1 N–H and O–H groups in total. The van der Waals surface area contributed by atoms with E-state index in [1.807, 2.05) is 13.8 Å². The number of thiophene rings is 1. The average Bonchev–Trinajstić information content (AvgIpc) is 2.99. The normalized spacial score (nSPS) is 19.0. The maximum atomic E-state index is 12.6. The first-order valence-electron chi connectivity index (χ1n) is 6.88. The molecule has 108 valence electrons. The van der Waals surface area contributed by atoms with E-state index in [1.54, 1.807) is 15.9 Å². The van der Waals surface area contributed by atoms with Crippen molar-refractivity contribution >= 4 is 33.8 Å². The molecule has 3 heterocycles. The molecular formula is C14H18N2O2S2. The van der Waals surface area contributed by atoms with Gasteiger partial charge in [-0.25, -0.2) is 0 Å². The van der Waals surface area contributed by atoms with Gasteiger partial charge in [0.15, 0.2) is 4.77 Å². The van der Waals surface area contributed by atoms with Crippen molar-refractivity contribution in [3.63, 3.8) is 0 Å². The summed E-state index contributed by atoms with van der Waals surface area (Å²) in [5.74, 6) is 0.553. The van der Waals surface area contributed by atoms with Crippen LogP contribution in [0.3, 0.4) is 0 Å². The molecule has 2 aromatic rings. The van der Waals surface area contributed by atoms with E-state index >= 15 is 0 Å². The predicted octanol–water partition coefficient (Wildman–Crippen LogP) is 3.16. The van der Waals surface area contributed by atoms with Gasteiger partial charge in [-0.3, -0.25) is 9.36 Å². The standard InChI is InChI=1S/C14H18N2O2S2/c1-8-9(2)20-12-11(8)13(17)16(14(19)15-12)5-3-10-4-6-18-7-10/h10H,3-7H2,1-2H3,(H,15,19). The molecule has 1 saturated heterocycles. The molecule has 1 aliphatic rings. The lowest BCUT2D eigenvalue weighted by Gasteiger charge is -2.10. The molecule has 6 heteroatoms. The molecule has 0 bridgehead atoms. The van der Waals surface area contributed by atoms with E-state index < -0.39 is 0 Å². The number of hydrogen-bond acceptors (Lipinski definition) is 4. The molecule has 0 radical (unpaired) electrons. The minimum atomic E-state index is 0.0458. The molecule has 1 atom stereocenters. The van der Waals surface area contributed by atoms with Crippen molar-refractivity contribution < 1.29 is 4.74 Å². The van der Waals surface area contributed by atoms with Gasteiger partial charge in [-0.1, -0.05) is 0 Å². The van der Waals surface area contributed by atoms with Crippen molar-refractivity contribution in [2.24, 2.45) is 5.92 Å². The summed E-state index contributed by atoms with van der Waals surface area (Å²) in [5.41, 5.74) is 1.11. The predicted molar refractivity (Wildman–Crippen MR) is 84.3 cm³/mol. The lowest BCUT2D eigenvalue weighted by Crippen LogP contribution is -2.23. The fourth-order valence-corrected chi connectivity index (χ4v) is 4.08. The van der Waals surface area contributed by atoms with Crippen LogP contribution in [0.4, 0.5) is 0 Å². The molecule has 0 aliphatic carbocycles. The Kier molecular flexibility index (Phi) is 3.79. The van der Waals surface area contributed by atoms with Gasteiger partial charge in [0.2, 0.25) is 0 Å². The second-order valence-electron chi connectivity index (χ2n) is 5.39. The minimum absolute atomic E-state index is 0.0458. The zero-order chi connectivity index (χ0) is 14.3. The molecule has 2 aromatic heterocycles. The fraction of sp³-hybridized carbons (Fsp3) is 0.571. The molecule has 0 amide bonds. The average molecular weight is 310 g/mol. The molecular weight excluding hydrogens is 292 g/mol. The first kappa shape index (κ1) is 14.0. The Morgan fingerprint density at radius 3 is 3.00 bits per heavy atom. The number of aromatic nitrogens is 2. The summed E-state index contributed by atoms with van der Waals surface area (Å²) in [7, 11) is 0. The quantitative estimate of drug-likeness (QED) is 0.886. The summed E-state index contributed by atoms with van der Waals surface area (Å²) in [5, 5.41) is 0.795. The van der Waals surface area contributed by atoms with Gasteiger partial charge >= 0.3 is 0 Å². The van der Waals surface area contributed by atoms with Crippen LogP contribution in [0, 0.1) is 24.5 Å². The largest absolute Gasteiger partial charge is 0.381 e. The van der Waals surface area contributed by atoms with Gasteiger partial charge < -0.3 is 9.72 Å². The second kappa shape index (κ2) is 5.42. The highest BCUT2D eigenvalue weighted by Gasteiger charge is 2.17. The summed E-state index contributed by atoms with van der Waals surface area (Å²) in [4.78, 5) is 17.9. The van der Waals surface area contributed by atoms with Crippen molar-refractivity contribution in [1.82, 2.24) is 9.55 Å². The first-order valence-corrected chi connectivity index (χ1v) is 8.11. The Morgan fingerprint density at radius 1 is 1.50 bits per heavy atom. The number of aryl methyl sites for hydroxylation is 2. The number of rotatable bonds is 3. The molecule has 1 unspecified atom stereocenters. The van der Waals surface area contributed by atoms with E-state index in [4.69, 9.17) is 17.0 Å². The Hall–Kier alpha value is -0.980. The van der Waals surface area contributed by atoms with Gasteiger partial charge in [0, 0.05) is 24.6 Å². The number of fused-ring (bicyclic) bond motifs is 1. The van der Waals surface area contributed by atoms with E-state index in [-0.39, 0.29) is 5.56 Å². The van der Waals surface area contributed by atoms with Crippen LogP contribution < -0.4 is 5.56 Å². The third-order valence-corrected chi connectivity index (χ3v) is 5.54. The van der Waals surface area contributed by atoms with E-state index in [9.17, 15) is 4.79 Å². The molecule has 1 aliphatic heterocycles. The van der Waals surface area contributed by atoms with Gasteiger partial charge in [0.25, 0.3) is 5.56 Å². The highest BCUT2D eigenvalue weighted by molar-refractivity contribution is 7.71. The van der Waals surface area contributed by atoms with E-state index in [0.29, 0.717) is 17.2 Å². The van der Waals surface area contributed by atoms with Gasteiger partial charge in [-0.15, -0.1) is 11.3 Å².